The Labute approximate surface area is 103 Å². The number of hydrogen-bond acceptors (Lipinski definition) is 4. The van der Waals surface area contributed by atoms with Crippen molar-refractivity contribution in [2.45, 2.75) is 13.3 Å². The van der Waals surface area contributed by atoms with E-state index in [1.54, 1.807) is 0 Å². The summed E-state index contributed by atoms with van der Waals surface area (Å²) in [5.41, 5.74) is 0.178. The third-order valence-electron chi connectivity index (χ3n) is 2.81. The van der Waals surface area contributed by atoms with Crippen molar-refractivity contribution >= 4 is 5.97 Å². The Morgan fingerprint density at radius 2 is 2.33 bits per heavy atom. The van der Waals surface area contributed by atoms with Crippen LogP contribution in [0.1, 0.15) is 12.5 Å². The Balaban J connectivity index is 2.44. The van der Waals surface area contributed by atoms with Crippen LogP contribution in [0.15, 0.2) is 6.07 Å². The summed E-state index contributed by atoms with van der Waals surface area (Å²) in [6, 6.07) is 1.40. The third-order valence-corrected chi connectivity index (χ3v) is 2.81. The first kappa shape index (κ1) is 12.5. The number of fused-ring (bicyclic) bond motifs is 1. The van der Waals surface area contributed by atoms with Gasteiger partial charge in [-0.2, -0.15) is 0 Å². The lowest BCUT2D eigenvalue weighted by Gasteiger charge is -2.12. The molecule has 1 heterocycles. The number of hydrogen-bond donors (Lipinski definition) is 1. The summed E-state index contributed by atoms with van der Waals surface area (Å²) in [5.74, 6) is -1.66. The molecule has 1 aromatic rings. The van der Waals surface area contributed by atoms with E-state index in [0.717, 1.165) is 0 Å². The zero-order valence-electron chi connectivity index (χ0n) is 10.0. The van der Waals surface area contributed by atoms with Crippen LogP contribution in [0.3, 0.4) is 0 Å². The lowest BCUT2D eigenvalue weighted by atomic mass is 9.99. The molecule has 5 nitrogen and oxygen atoms in total. The fraction of sp³-hybridized carbons (Fsp3) is 0.417. The van der Waals surface area contributed by atoms with Crippen LogP contribution in [0.5, 0.6) is 17.2 Å². The van der Waals surface area contributed by atoms with Crippen LogP contribution < -0.4 is 14.2 Å². The van der Waals surface area contributed by atoms with E-state index in [-0.39, 0.29) is 30.3 Å². The van der Waals surface area contributed by atoms with Gasteiger partial charge in [0.2, 0.25) is 6.79 Å². The molecule has 1 N–H and O–H groups in total. The van der Waals surface area contributed by atoms with Gasteiger partial charge < -0.3 is 19.3 Å². The van der Waals surface area contributed by atoms with Gasteiger partial charge in [0.25, 0.3) is 0 Å². The van der Waals surface area contributed by atoms with Gasteiger partial charge in [0.15, 0.2) is 23.1 Å². The summed E-state index contributed by atoms with van der Waals surface area (Å²) in [5, 5.41) is 8.88. The SMILES string of the molecule is COc1cc2c(c(CC(C)C(=O)O)c1F)OCO2. The highest BCUT2D eigenvalue weighted by molar-refractivity contribution is 5.70. The Bertz CT molecular complexity index is 485. The largest absolute Gasteiger partial charge is 0.494 e. The number of benzene rings is 1. The molecule has 1 aliphatic rings. The van der Waals surface area contributed by atoms with E-state index in [4.69, 9.17) is 19.3 Å². The van der Waals surface area contributed by atoms with Crippen LogP contribution in [0.2, 0.25) is 0 Å². The molecule has 0 radical (unpaired) electrons. The number of aliphatic carboxylic acids is 1. The summed E-state index contributed by atoms with van der Waals surface area (Å²) >= 11 is 0. The van der Waals surface area contributed by atoms with Gasteiger partial charge >= 0.3 is 5.97 Å². The lowest BCUT2D eigenvalue weighted by Crippen LogP contribution is -2.14. The minimum atomic E-state index is -0.995. The van der Waals surface area contributed by atoms with E-state index in [9.17, 15) is 9.18 Å². The molecule has 1 unspecified atom stereocenters. The van der Waals surface area contributed by atoms with Crippen molar-refractivity contribution in [2.75, 3.05) is 13.9 Å². The Hall–Kier alpha value is -1.98. The van der Waals surface area contributed by atoms with Gasteiger partial charge in [-0.25, -0.2) is 4.39 Å². The molecule has 98 valence electrons. The van der Waals surface area contributed by atoms with Crippen molar-refractivity contribution in [3.05, 3.63) is 17.4 Å². The number of carboxylic acids is 1. The van der Waals surface area contributed by atoms with Crippen LogP contribution in [-0.4, -0.2) is 25.0 Å². The van der Waals surface area contributed by atoms with E-state index in [1.165, 1.54) is 20.1 Å². The Kier molecular flexibility index (Phi) is 3.27. The van der Waals surface area contributed by atoms with Crippen LogP contribution in [0, 0.1) is 11.7 Å². The number of methoxy groups -OCH3 is 1. The molecular weight excluding hydrogens is 243 g/mol. The molecule has 0 aromatic heterocycles. The molecule has 6 heteroatoms. The molecule has 0 saturated heterocycles. The maximum absolute atomic E-state index is 14.1. The predicted molar refractivity (Wildman–Crippen MR) is 59.6 cm³/mol. The molecule has 0 spiro atoms. The van der Waals surface area contributed by atoms with Gasteiger partial charge in [-0.1, -0.05) is 6.92 Å². The molecule has 2 rings (SSSR count). The third kappa shape index (κ3) is 2.05. The fourth-order valence-corrected chi connectivity index (χ4v) is 1.79. The second-order valence-electron chi connectivity index (χ2n) is 4.05. The van der Waals surface area contributed by atoms with E-state index >= 15 is 0 Å². The van der Waals surface area contributed by atoms with Crippen LogP contribution in [0.25, 0.3) is 0 Å². The quantitative estimate of drug-likeness (QED) is 0.890. The van der Waals surface area contributed by atoms with Gasteiger partial charge in [0, 0.05) is 11.6 Å². The number of carboxylic acid groups (broad SMARTS) is 1. The van der Waals surface area contributed by atoms with Crippen molar-refractivity contribution in [3.63, 3.8) is 0 Å². The van der Waals surface area contributed by atoms with Crippen molar-refractivity contribution in [3.8, 4) is 17.2 Å². The summed E-state index contributed by atoms with van der Waals surface area (Å²) in [6.07, 6.45) is 0.0179. The van der Waals surface area contributed by atoms with Crippen molar-refractivity contribution in [2.24, 2.45) is 5.92 Å². The molecule has 18 heavy (non-hydrogen) atoms. The zero-order chi connectivity index (χ0) is 13.3. The molecule has 1 atom stereocenters. The van der Waals surface area contributed by atoms with Crippen LogP contribution >= 0.6 is 0 Å². The lowest BCUT2D eigenvalue weighted by molar-refractivity contribution is -0.141. The molecule has 1 aliphatic heterocycles. The first-order valence-electron chi connectivity index (χ1n) is 5.42. The second-order valence-corrected chi connectivity index (χ2v) is 4.05. The number of ether oxygens (including phenoxy) is 3. The van der Waals surface area contributed by atoms with Gasteiger partial charge in [0.05, 0.1) is 13.0 Å². The fourth-order valence-electron chi connectivity index (χ4n) is 1.79. The first-order valence-corrected chi connectivity index (χ1v) is 5.42. The maximum Gasteiger partial charge on any atom is 0.306 e. The molecule has 0 fully saturated rings. The first-order chi connectivity index (χ1) is 8.54. The average Bonchev–Trinajstić information content (AvgIpc) is 2.79. The van der Waals surface area contributed by atoms with Crippen molar-refractivity contribution < 1.29 is 28.5 Å². The van der Waals surface area contributed by atoms with Gasteiger partial charge in [-0.3, -0.25) is 4.79 Å². The summed E-state index contributed by atoms with van der Waals surface area (Å²) in [7, 11) is 1.34. The Morgan fingerprint density at radius 1 is 1.61 bits per heavy atom. The van der Waals surface area contributed by atoms with Crippen molar-refractivity contribution in [1.29, 1.82) is 0 Å². The van der Waals surface area contributed by atoms with Gasteiger partial charge in [-0.15, -0.1) is 0 Å². The van der Waals surface area contributed by atoms with E-state index in [1.807, 2.05) is 0 Å². The summed E-state index contributed by atoms with van der Waals surface area (Å²) < 4.78 is 29.3. The topological polar surface area (TPSA) is 65.0 Å². The minimum Gasteiger partial charge on any atom is -0.494 e. The summed E-state index contributed by atoms with van der Waals surface area (Å²) in [4.78, 5) is 10.8. The maximum atomic E-state index is 14.1. The highest BCUT2D eigenvalue weighted by atomic mass is 19.1. The summed E-state index contributed by atoms with van der Waals surface area (Å²) in [6.45, 7) is 1.50. The van der Waals surface area contributed by atoms with Crippen LogP contribution in [-0.2, 0) is 11.2 Å². The number of rotatable bonds is 4. The van der Waals surface area contributed by atoms with Crippen LogP contribution in [0.4, 0.5) is 4.39 Å². The predicted octanol–water partition coefficient (Wildman–Crippen LogP) is 1.83. The highest BCUT2D eigenvalue weighted by Crippen LogP contribution is 2.42. The van der Waals surface area contributed by atoms with E-state index < -0.39 is 17.7 Å². The van der Waals surface area contributed by atoms with Gasteiger partial charge in [0.1, 0.15) is 0 Å². The highest BCUT2D eigenvalue weighted by Gasteiger charge is 2.27. The monoisotopic (exact) mass is 256 g/mol. The number of halogens is 1. The van der Waals surface area contributed by atoms with E-state index in [0.29, 0.717) is 5.75 Å². The second kappa shape index (κ2) is 4.72. The normalized spacial score (nSPS) is 14.4. The Morgan fingerprint density at radius 3 is 2.94 bits per heavy atom. The smallest absolute Gasteiger partial charge is 0.306 e. The molecule has 0 bridgehead atoms. The minimum absolute atomic E-state index is 0.00358. The van der Waals surface area contributed by atoms with E-state index in [2.05, 4.69) is 0 Å². The average molecular weight is 256 g/mol. The number of carbonyl (C=O) groups is 1. The molecule has 0 amide bonds. The van der Waals surface area contributed by atoms with Gasteiger partial charge in [-0.05, 0) is 6.42 Å². The molecule has 0 aliphatic carbocycles. The molecule has 1 aromatic carbocycles. The molecule has 0 saturated carbocycles. The zero-order valence-corrected chi connectivity index (χ0v) is 10.0. The molecular formula is C12H13FO5. The standard InChI is InChI=1S/C12H13FO5/c1-6(12(14)15)3-7-10(13)8(16-2)4-9-11(7)18-5-17-9/h4,6H,3,5H2,1-2H3,(H,14,15). The van der Waals surface area contributed by atoms with Crippen molar-refractivity contribution in [1.82, 2.24) is 0 Å².